The molecule has 3 amide bonds. The number of unbranched alkanes of at least 4 members (excludes halogenated alkanes) is 6. The quantitative estimate of drug-likeness (QED) is 0.242. The summed E-state index contributed by atoms with van der Waals surface area (Å²) in [6.45, 7) is 9.74. The molecule has 0 bridgehead atoms. The lowest BCUT2D eigenvalue weighted by molar-refractivity contribution is 0.0627. The van der Waals surface area contributed by atoms with E-state index in [2.05, 4.69) is 36.2 Å². The molecule has 7 heteroatoms. The van der Waals surface area contributed by atoms with E-state index in [9.17, 15) is 14.0 Å². The molecule has 0 saturated carbocycles. The van der Waals surface area contributed by atoms with Crippen LogP contribution in [0, 0.1) is 5.82 Å². The van der Waals surface area contributed by atoms with Gasteiger partial charge in [0, 0.05) is 57.9 Å². The van der Waals surface area contributed by atoms with Crippen LogP contribution in [-0.2, 0) is 13.0 Å². The summed E-state index contributed by atoms with van der Waals surface area (Å²) in [6.07, 6.45) is 10.5. The fourth-order valence-corrected chi connectivity index (χ4v) is 5.09. The van der Waals surface area contributed by atoms with Crippen molar-refractivity contribution < 1.29 is 14.0 Å². The minimum Gasteiger partial charge on any atom is -0.338 e. The van der Waals surface area contributed by atoms with E-state index in [0.717, 1.165) is 56.4 Å². The van der Waals surface area contributed by atoms with Crippen LogP contribution < -0.4 is 5.32 Å². The number of aryl methyl sites for hydroxylation is 1. The average molecular weight is 553 g/mol. The van der Waals surface area contributed by atoms with Gasteiger partial charge in [-0.3, -0.25) is 9.69 Å². The molecule has 0 aromatic heterocycles. The molecule has 3 rings (SSSR count). The van der Waals surface area contributed by atoms with Crippen molar-refractivity contribution in [2.75, 3.05) is 45.8 Å². The fourth-order valence-electron chi connectivity index (χ4n) is 5.09. The van der Waals surface area contributed by atoms with Crippen molar-refractivity contribution in [3.05, 3.63) is 71.0 Å². The van der Waals surface area contributed by atoms with Gasteiger partial charge in [0.2, 0.25) is 0 Å². The van der Waals surface area contributed by atoms with E-state index in [1.54, 1.807) is 12.1 Å². The Labute approximate surface area is 240 Å². The van der Waals surface area contributed by atoms with Crippen LogP contribution in [0.5, 0.6) is 0 Å². The average Bonchev–Trinajstić information content (AvgIpc) is 2.98. The number of carbonyl (C=O) groups excluding carboxylic acids is 2. The summed E-state index contributed by atoms with van der Waals surface area (Å²) < 4.78 is 13.4. The molecule has 1 aliphatic rings. The predicted molar refractivity (Wildman–Crippen MR) is 161 cm³/mol. The molecule has 220 valence electrons. The molecule has 6 nitrogen and oxygen atoms in total. The van der Waals surface area contributed by atoms with Crippen LogP contribution in [-0.4, -0.2) is 72.5 Å². The second-order valence-electron chi connectivity index (χ2n) is 11.0. The molecule has 1 fully saturated rings. The van der Waals surface area contributed by atoms with Gasteiger partial charge in [0.15, 0.2) is 0 Å². The number of benzene rings is 2. The maximum absolute atomic E-state index is 13.4. The second-order valence-corrected chi connectivity index (χ2v) is 11.0. The van der Waals surface area contributed by atoms with Crippen LogP contribution in [0.3, 0.4) is 0 Å². The van der Waals surface area contributed by atoms with Gasteiger partial charge >= 0.3 is 6.03 Å². The molecule has 2 aromatic carbocycles. The third-order valence-electron chi connectivity index (χ3n) is 7.75. The summed E-state index contributed by atoms with van der Waals surface area (Å²) in [5, 5.41) is 3.09. The van der Waals surface area contributed by atoms with Crippen molar-refractivity contribution in [1.82, 2.24) is 20.0 Å². The van der Waals surface area contributed by atoms with Crippen molar-refractivity contribution in [2.24, 2.45) is 0 Å². The van der Waals surface area contributed by atoms with E-state index in [4.69, 9.17) is 0 Å². The van der Waals surface area contributed by atoms with Crippen LogP contribution >= 0.6 is 0 Å². The van der Waals surface area contributed by atoms with Crippen LogP contribution in [0.25, 0.3) is 0 Å². The lowest BCUT2D eigenvalue weighted by Crippen LogP contribution is -2.51. The molecular formula is C33H49FN4O2. The van der Waals surface area contributed by atoms with E-state index < -0.39 is 0 Å². The van der Waals surface area contributed by atoms with E-state index in [1.165, 1.54) is 49.8 Å². The molecule has 2 aromatic rings. The summed E-state index contributed by atoms with van der Waals surface area (Å²) in [5.41, 5.74) is 2.94. The molecule has 0 atom stereocenters. The number of nitrogens with zero attached hydrogens (tertiary/aromatic N) is 3. The third-order valence-corrected chi connectivity index (χ3v) is 7.75. The highest BCUT2D eigenvalue weighted by atomic mass is 19.1. The largest absolute Gasteiger partial charge is 0.338 e. The Balaban J connectivity index is 1.46. The van der Waals surface area contributed by atoms with Crippen molar-refractivity contribution in [3.63, 3.8) is 0 Å². The van der Waals surface area contributed by atoms with Crippen molar-refractivity contribution in [3.8, 4) is 0 Å². The van der Waals surface area contributed by atoms with Gasteiger partial charge in [-0.2, -0.15) is 0 Å². The van der Waals surface area contributed by atoms with E-state index >= 15 is 0 Å². The first kappa shape index (κ1) is 31.6. The summed E-state index contributed by atoms with van der Waals surface area (Å²) in [4.78, 5) is 32.2. The maximum atomic E-state index is 13.4. The maximum Gasteiger partial charge on any atom is 0.317 e. The summed E-state index contributed by atoms with van der Waals surface area (Å²) in [5.74, 6) is -0.184. The smallest absolute Gasteiger partial charge is 0.317 e. The van der Waals surface area contributed by atoms with Crippen molar-refractivity contribution >= 4 is 11.9 Å². The SMILES string of the molecule is CCCCCCCCNC(=O)N(CCN1CCN(C(=O)c2ccc(CCCC)cc2)CC1)Cc1ccc(F)cc1. The number of hydrogen-bond acceptors (Lipinski definition) is 3. The first-order valence-corrected chi connectivity index (χ1v) is 15.4. The van der Waals surface area contributed by atoms with Gasteiger partial charge in [0.25, 0.3) is 5.91 Å². The van der Waals surface area contributed by atoms with Gasteiger partial charge in [0.1, 0.15) is 5.82 Å². The van der Waals surface area contributed by atoms with Gasteiger partial charge in [-0.1, -0.05) is 76.6 Å². The van der Waals surface area contributed by atoms with Crippen LogP contribution in [0.1, 0.15) is 86.7 Å². The fraction of sp³-hybridized carbons (Fsp3) is 0.576. The number of nitrogens with one attached hydrogen (secondary N) is 1. The zero-order chi connectivity index (χ0) is 28.6. The van der Waals surface area contributed by atoms with Gasteiger partial charge in [-0.15, -0.1) is 0 Å². The van der Waals surface area contributed by atoms with Crippen LogP contribution in [0.4, 0.5) is 9.18 Å². The van der Waals surface area contributed by atoms with Crippen LogP contribution in [0.2, 0.25) is 0 Å². The molecule has 40 heavy (non-hydrogen) atoms. The molecule has 0 spiro atoms. The molecule has 1 aliphatic heterocycles. The van der Waals surface area contributed by atoms with Crippen LogP contribution in [0.15, 0.2) is 48.5 Å². The van der Waals surface area contributed by atoms with E-state index in [0.29, 0.717) is 32.7 Å². The normalized spacial score (nSPS) is 13.8. The molecule has 0 unspecified atom stereocenters. The van der Waals surface area contributed by atoms with Gasteiger partial charge in [-0.05, 0) is 54.7 Å². The zero-order valence-electron chi connectivity index (χ0n) is 24.7. The highest BCUT2D eigenvalue weighted by Gasteiger charge is 2.23. The molecule has 1 saturated heterocycles. The summed E-state index contributed by atoms with van der Waals surface area (Å²) >= 11 is 0. The first-order valence-electron chi connectivity index (χ1n) is 15.4. The van der Waals surface area contributed by atoms with E-state index in [1.807, 2.05) is 21.9 Å². The Kier molecular flexibility index (Phi) is 14.0. The Morgan fingerprint density at radius 2 is 1.43 bits per heavy atom. The minimum absolute atomic E-state index is 0.0749. The summed E-state index contributed by atoms with van der Waals surface area (Å²) in [7, 11) is 0. The monoisotopic (exact) mass is 552 g/mol. The van der Waals surface area contributed by atoms with Gasteiger partial charge in [0.05, 0.1) is 0 Å². The number of rotatable bonds is 16. The van der Waals surface area contributed by atoms with Gasteiger partial charge < -0.3 is 15.1 Å². The number of urea groups is 1. The highest BCUT2D eigenvalue weighted by Crippen LogP contribution is 2.13. The number of amides is 3. The Hall–Kier alpha value is -2.93. The highest BCUT2D eigenvalue weighted by molar-refractivity contribution is 5.94. The van der Waals surface area contributed by atoms with E-state index in [-0.39, 0.29) is 17.8 Å². The van der Waals surface area contributed by atoms with Crippen molar-refractivity contribution in [2.45, 2.75) is 78.2 Å². The number of carbonyl (C=O) groups is 2. The molecule has 0 radical (unpaired) electrons. The molecule has 1 heterocycles. The Morgan fingerprint density at radius 1 is 0.800 bits per heavy atom. The zero-order valence-corrected chi connectivity index (χ0v) is 24.7. The topological polar surface area (TPSA) is 55.9 Å². The number of hydrogen-bond donors (Lipinski definition) is 1. The second kappa shape index (κ2) is 17.7. The lowest BCUT2D eigenvalue weighted by atomic mass is 10.1. The first-order chi connectivity index (χ1) is 19.5. The summed E-state index contributed by atoms with van der Waals surface area (Å²) in [6, 6.07) is 14.3. The minimum atomic E-state index is -0.275. The molecule has 0 aliphatic carbocycles. The van der Waals surface area contributed by atoms with Gasteiger partial charge in [-0.25, -0.2) is 9.18 Å². The number of halogens is 1. The molecular weight excluding hydrogens is 503 g/mol. The van der Waals surface area contributed by atoms with Crippen molar-refractivity contribution in [1.29, 1.82) is 0 Å². The third kappa shape index (κ3) is 10.9. The predicted octanol–water partition coefficient (Wildman–Crippen LogP) is 6.50. The molecule has 1 N–H and O–H groups in total. The Morgan fingerprint density at radius 3 is 2.10 bits per heavy atom. The Bertz CT molecular complexity index is 1000. The number of piperazine rings is 1. The standard InChI is InChI=1S/C33H49FN4O2/c1-3-5-7-8-9-10-20-35-33(40)38(27-29-14-18-31(34)19-15-29)26-23-36-21-24-37(25-22-36)32(39)30-16-12-28(13-17-30)11-6-4-2/h12-19H,3-11,20-27H2,1-2H3,(H,35,40). The lowest BCUT2D eigenvalue weighted by Gasteiger charge is -2.36.